The largest absolute Gasteiger partial charge is 0.395 e. The standard InChI is InChI=1S/C32H39N3O10/c1-3-14-35-23-13-12-21(33-29(41)28-26(39)25(38)27(40)30(42)45-28)17-22(23)32(44,31(35)43)19(2)8-7-11-24(37)34(15-16-36)18-20-9-5-4-6-10-20/h3-10,12-13,17,19,25-28,30,36,38-40,42,44H,1,11,14-16,18H2,2H3,(H,33,41)/b8-7+/t19-,25+,26+,27-,28+,30-,32+/m1/s1. The average molecular weight is 626 g/mol. The number of carbonyl (C=O) groups excluding carboxylic acids is 3. The van der Waals surface area contributed by atoms with Crippen LogP contribution in [-0.4, -0.2) is 104 Å². The molecule has 13 nitrogen and oxygen atoms in total. The highest BCUT2D eigenvalue weighted by molar-refractivity contribution is 6.08. The van der Waals surface area contributed by atoms with Crippen molar-refractivity contribution in [2.75, 3.05) is 29.9 Å². The van der Waals surface area contributed by atoms with Crippen molar-refractivity contribution in [2.24, 2.45) is 5.92 Å². The first-order chi connectivity index (χ1) is 21.4. The fraction of sp³-hybridized carbons (Fsp3) is 0.406. The van der Waals surface area contributed by atoms with Crippen LogP contribution in [0.3, 0.4) is 0 Å². The van der Waals surface area contributed by atoms with Gasteiger partial charge in [0.2, 0.25) is 5.91 Å². The first-order valence-electron chi connectivity index (χ1n) is 14.5. The second kappa shape index (κ2) is 14.4. The number of anilines is 2. The van der Waals surface area contributed by atoms with Gasteiger partial charge in [0, 0.05) is 43.2 Å². The van der Waals surface area contributed by atoms with E-state index < -0.39 is 54.0 Å². The molecule has 242 valence electrons. The molecule has 7 atom stereocenters. The van der Waals surface area contributed by atoms with Crippen LogP contribution < -0.4 is 10.2 Å². The summed E-state index contributed by atoms with van der Waals surface area (Å²) in [4.78, 5) is 42.4. The Hall–Kier alpha value is -3.95. The summed E-state index contributed by atoms with van der Waals surface area (Å²) in [6.07, 6.45) is -4.56. The molecule has 1 fully saturated rings. The minimum absolute atomic E-state index is 0.0448. The summed E-state index contributed by atoms with van der Waals surface area (Å²) in [5, 5.41) is 63.5. The molecule has 0 radical (unpaired) electrons. The maximum Gasteiger partial charge on any atom is 0.264 e. The number of benzene rings is 2. The van der Waals surface area contributed by atoms with Crippen molar-refractivity contribution in [3.05, 3.63) is 84.5 Å². The molecule has 2 aliphatic rings. The van der Waals surface area contributed by atoms with Gasteiger partial charge >= 0.3 is 0 Å². The smallest absolute Gasteiger partial charge is 0.264 e. The van der Waals surface area contributed by atoms with E-state index in [0.717, 1.165) is 5.56 Å². The Bertz CT molecular complexity index is 1420. The molecule has 0 aliphatic carbocycles. The van der Waals surface area contributed by atoms with Crippen LogP contribution in [0.15, 0.2) is 73.3 Å². The lowest BCUT2D eigenvalue weighted by Crippen LogP contribution is -2.60. The highest BCUT2D eigenvalue weighted by Gasteiger charge is 2.52. The van der Waals surface area contributed by atoms with E-state index in [2.05, 4.69) is 11.9 Å². The summed E-state index contributed by atoms with van der Waals surface area (Å²) in [5.41, 5.74) is -0.536. The van der Waals surface area contributed by atoms with E-state index in [0.29, 0.717) is 12.2 Å². The Morgan fingerprint density at radius 2 is 1.82 bits per heavy atom. The minimum Gasteiger partial charge on any atom is -0.395 e. The Labute approximate surface area is 260 Å². The van der Waals surface area contributed by atoms with Crippen LogP contribution in [0.1, 0.15) is 24.5 Å². The first-order valence-corrected chi connectivity index (χ1v) is 14.5. The summed E-state index contributed by atoms with van der Waals surface area (Å²) in [6, 6.07) is 13.7. The van der Waals surface area contributed by atoms with E-state index in [4.69, 9.17) is 4.74 Å². The van der Waals surface area contributed by atoms with Gasteiger partial charge < -0.3 is 50.5 Å². The van der Waals surface area contributed by atoms with E-state index in [1.165, 1.54) is 34.1 Å². The van der Waals surface area contributed by atoms with Gasteiger partial charge in [0.25, 0.3) is 11.8 Å². The van der Waals surface area contributed by atoms with Crippen LogP contribution in [0.2, 0.25) is 0 Å². The van der Waals surface area contributed by atoms with Crippen molar-refractivity contribution in [2.45, 2.75) is 56.2 Å². The van der Waals surface area contributed by atoms with Gasteiger partial charge in [-0.05, 0) is 23.8 Å². The van der Waals surface area contributed by atoms with Crippen LogP contribution in [0.25, 0.3) is 0 Å². The van der Waals surface area contributed by atoms with Crippen molar-refractivity contribution in [3.63, 3.8) is 0 Å². The van der Waals surface area contributed by atoms with Crippen LogP contribution in [0.5, 0.6) is 0 Å². The van der Waals surface area contributed by atoms with E-state index >= 15 is 0 Å². The molecule has 2 heterocycles. The first kappa shape index (κ1) is 33.9. The van der Waals surface area contributed by atoms with Gasteiger partial charge in [-0.15, -0.1) is 6.58 Å². The van der Waals surface area contributed by atoms with Gasteiger partial charge in [0.05, 0.1) is 12.3 Å². The molecule has 1 saturated heterocycles. The number of hydrogen-bond donors (Lipinski definition) is 7. The van der Waals surface area contributed by atoms with Crippen LogP contribution in [-0.2, 0) is 31.3 Å². The number of rotatable bonds is 12. The number of amides is 3. The summed E-state index contributed by atoms with van der Waals surface area (Å²) < 4.78 is 4.99. The number of hydrogen-bond acceptors (Lipinski definition) is 10. The van der Waals surface area contributed by atoms with Gasteiger partial charge in [0.15, 0.2) is 18.0 Å². The quantitative estimate of drug-likeness (QED) is 0.154. The lowest BCUT2D eigenvalue weighted by molar-refractivity contribution is -0.274. The van der Waals surface area contributed by atoms with E-state index in [1.807, 2.05) is 30.3 Å². The highest BCUT2D eigenvalue weighted by Crippen LogP contribution is 2.46. The molecule has 0 bridgehead atoms. The van der Waals surface area contributed by atoms with Crippen molar-refractivity contribution >= 4 is 29.1 Å². The van der Waals surface area contributed by atoms with Gasteiger partial charge in [-0.3, -0.25) is 14.4 Å². The normalized spacial score (nSPS) is 26.9. The second-order valence-corrected chi connectivity index (χ2v) is 11.1. The number of fused-ring (bicyclic) bond motifs is 1. The maximum atomic E-state index is 13.6. The SMILES string of the molecule is C=CCN1C(=O)[C@](O)([C@H](C)/C=C/CC(=O)N(CCO)Cc2ccccc2)c2cc(NC(=O)[C@H]3O[C@@H](O)[C@H](O)[C@@H](O)[C@@H]3O)ccc21. The average Bonchev–Trinajstić information content (AvgIpc) is 3.24. The molecule has 0 spiro atoms. The number of nitrogens with zero attached hydrogens (tertiary/aromatic N) is 2. The third-order valence-electron chi connectivity index (χ3n) is 8.01. The minimum atomic E-state index is -2.09. The molecule has 0 aromatic heterocycles. The van der Waals surface area contributed by atoms with Crippen LogP contribution in [0, 0.1) is 5.92 Å². The topological polar surface area (TPSA) is 200 Å². The summed E-state index contributed by atoms with van der Waals surface area (Å²) in [5.74, 6) is -2.68. The predicted octanol–water partition coefficient (Wildman–Crippen LogP) is -0.251. The van der Waals surface area contributed by atoms with E-state index in [1.54, 1.807) is 19.1 Å². The van der Waals surface area contributed by atoms with Crippen molar-refractivity contribution in [3.8, 4) is 0 Å². The number of carbonyl (C=O) groups is 3. The molecule has 45 heavy (non-hydrogen) atoms. The van der Waals surface area contributed by atoms with Crippen molar-refractivity contribution in [1.82, 2.24) is 4.90 Å². The molecule has 2 aromatic rings. The Balaban J connectivity index is 1.54. The third-order valence-corrected chi connectivity index (χ3v) is 8.01. The number of aliphatic hydroxyl groups excluding tert-OH is 5. The molecular formula is C32H39N3O10. The summed E-state index contributed by atoms with van der Waals surface area (Å²) in [6.45, 7) is 5.62. The Kier molecular flexibility index (Phi) is 10.9. The zero-order valence-corrected chi connectivity index (χ0v) is 24.8. The van der Waals surface area contributed by atoms with E-state index in [9.17, 15) is 45.0 Å². The third kappa shape index (κ3) is 6.99. The van der Waals surface area contributed by atoms with Crippen LogP contribution >= 0.6 is 0 Å². The Morgan fingerprint density at radius 1 is 1.11 bits per heavy atom. The van der Waals surface area contributed by atoms with Gasteiger partial charge in [-0.1, -0.05) is 55.5 Å². The molecule has 3 amide bonds. The number of ether oxygens (including phenoxy) is 1. The molecule has 0 unspecified atom stereocenters. The van der Waals surface area contributed by atoms with E-state index in [-0.39, 0.29) is 43.3 Å². The predicted molar refractivity (Wildman–Crippen MR) is 162 cm³/mol. The molecular weight excluding hydrogens is 586 g/mol. The maximum absolute atomic E-state index is 13.6. The highest BCUT2D eigenvalue weighted by atomic mass is 16.6. The van der Waals surface area contributed by atoms with Crippen molar-refractivity contribution < 1.29 is 49.8 Å². The lowest BCUT2D eigenvalue weighted by atomic mass is 9.82. The molecule has 2 aromatic carbocycles. The zero-order valence-electron chi connectivity index (χ0n) is 24.8. The van der Waals surface area contributed by atoms with Crippen molar-refractivity contribution in [1.29, 1.82) is 0 Å². The van der Waals surface area contributed by atoms with Gasteiger partial charge in [-0.2, -0.15) is 0 Å². The lowest BCUT2D eigenvalue weighted by Gasteiger charge is -2.37. The monoisotopic (exact) mass is 625 g/mol. The fourth-order valence-electron chi connectivity index (χ4n) is 5.48. The fourth-order valence-corrected chi connectivity index (χ4v) is 5.48. The molecule has 13 heteroatoms. The number of aliphatic hydroxyl groups is 6. The molecule has 4 rings (SSSR count). The molecule has 7 N–H and O–H groups in total. The summed E-state index contributed by atoms with van der Waals surface area (Å²) in [7, 11) is 0. The molecule has 2 aliphatic heterocycles. The second-order valence-electron chi connectivity index (χ2n) is 11.1. The zero-order chi connectivity index (χ0) is 32.9. The number of nitrogens with one attached hydrogen (secondary N) is 1. The summed E-state index contributed by atoms with van der Waals surface area (Å²) >= 11 is 0. The molecule has 0 saturated carbocycles. The van der Waals surface area contributed by atoms with Gasteiger partial charge in [-0.25, -0.2) is 0 Å². The van der Waals surface area contributed by atoms with Gasteiger partial charge in [0.1, 0.15) is 18.3 Å². The Morgan fingerprint density at radius 3 is 2.49 bits per heavy atom. The van der Waals surface area contributed by atoms with Crippen LogP contribution in [0.4, 0.5) is 11.4 Å².